The van der Waals surface area contributed by atoms with E-state index in [1.807, 2.05) is 30.3 Å². The molecule has 2 N–H and O–H groups in total. The Morgan fingerprint density at radius 3 is 2.34 bits per heavy atom. The van der Waals surface area contributed by atoms with Crippen LogP contribution in [0.1, 0.15) is 104 Å². The van der Waals surface area contributed by atoms with Crippen molar-refractivity contribution in [3.05, 3.63) is 35.9 Å². The second-order valence-corrected chi connectivity index (χ2v) is 15.3. The maximum absolute atomic E-state index is 13.9. The van der Waals surface area contributed by atoms with Gasteiger partial charge in [0, 0.05) is 17.9 Å². The highest BCUT2D eigenvalue weighted by atomic mass is 16.5. The van der Waals surface area contributed by atoms with Crippen molar-refractivity contribution in [3.8, 4) is 0 Å². The van der Waals surface area contributed by atoms with E-state index in [0.29, 0.717) is 30.1 Å². The second kappa shape index (κ2) is 8.66. The number of hydrogen-bond acceptors (Lipinski definition) is 4. The molecule has 0 bridgehead atoms. The second-order valence-electron chi connectivity index (χ2n) is 15.3. The van der Waals surface area contributed by atoms with Crippen LogP contribution in [0.3, 0.4) is 0 Å². The molecule has 1 aromatic rings. The number of benzene rings is 1. The number of hydrogen-bond donors (Lipinski definition) is 1. The summed E-state index contributed by atoms with van der Waals surface area (Å²) in [7, 11) is 0. The predicted molar refractivity (Wildman–Crippen MR) is 150 cm³/mol. The molecule has 38 heavy (non-hydrogen) atoms. The lowest BCUT2D eigenvalue weighted by molar-refractivity contribution is -0.234. The Kier molecular flexibility index (Phi) is 6.05. The minimum atomic E-state index is -0.429. The van der Waals surface area contributed by atoms with Crippen LogP contribution in [0, 0.1) is 50.7 Å². The minimum Gasteiger partial charge on any atom is -0.460 e. The number of nitrogens with two attached hydrogens (primary N) is 1. The first kappa shape index (κ1) is 26.5. The van der Waals surface area contributed by atoms with Gasteiger partial charge in [0.05, 0.1) is 5.41 Å². The summed E-state index contributed by atoms with van der Waals surface area (Å²) in [6, 6.07) is 10.1. The van der Waals surface area contributed by atoms with Crippen LogP contribution in [-0.2, 0) is 20.9 Å². The van der Waals surface area contributed by atoms with Gasteiger partial charge in [0.15, 0.2) is 0 Å². The van der Waals surface area contributed by atoms with Gasteiger partial charge in [0.1, 0.15) is 12.4 Å². The number of carbonyl (C=O) groups excluding carboxylic acids is 2. The van der Waals surface area contributed by atoms with Crippen molar-refractivity contribution in [3.63, 3.8) is 0 Å². The lowest BCUT2D eigenvalue weighted by Gasteiger charge is -2.72. The number of carbonyl (C=O) groups is 2. The zero-order valence-electron chi connectivity index (χ0n) is 24.4. The van der Waals surface area contributed by atoms with E-state index in [1.165, 1.54) is 12.8 Å². The molecule has 4 heteroatoms. The van der Waals surface area contributed by atoms with Crippen LogP contribution in [-0.4, -0.2) is 17.8 Å². The summed E-state index contributed by atoms with van der Waals surface area (Å²) in [5.74, 6) is 2.22. The molecule has 5 aliphatic rings. The highest BCUT2D eigenvalue weighted by Crippen LogP contribution is 2.76. The molecule has 6 rings (SSSR count). The highest BCUT2D eigenvalue weighted by molar-refractivity contribution is 5.85. The van der Waals surface area contributed by atoms with Crippen molar-refractivity contribution < 1.29 is 14.3 Å². The number of fused-ring (bicyclic) bond motifs is 7. The third-order valence-electron chi connectivity index (χ3n) is 13.8. The average molecular weight is 520 g/mol. The number of esters is 1. The number of Topliss-reactive ketones (excluding diaryl/α,β-unsaturated/α-hetero) is 1. The van der Waals surface area contributed by atoms with Crippen LogP contribution in [0.15, 0.2) is 30.3 Å². The van der Waals surface area contributed by atoms with Crippen molar-refractivity contribution >= 4 is 11.8 Å². The smallest absolute Gasteiger partial charge is 0.312 e. The maximum Gasteiger partial charge on any atom is 0.312 e. The van der Waals surface area contributed by atoms with Crippen LogP contribution >= 0.6 is 0 Å². The summed E-state index contributed by atoms with van der Waals surface area (Å²) in [6.45, 7) is 12.5. The van der Waals surface area contributed by atoms with Gasteiger partial charge in [-0.2, -0.15) is 0 Å². The Morgan fingerprint density at radius 1 is 0.868 bits per heavy atom. The molecule has 1 aromatic carbocycles. The standard InChI is InChI=1S/C34H49NO3/c1-30(2)25-14-17-33(5)26(31(25,3)16-15-27(30)36)12-11-23-28-24(35)13-18-34(28,20-19-32(23,33)4)29(37)38-21-22-9-7-6-8-10-22/h6-10,23-26,28H,11-21,35H2,1-5H3/t23-,24-,25+,26-,28+,31+,32-,33-,34+/m1/s1. The van der Waals surface area contributed by atoms with Crippen LogP contribution in [0.2, 0.25) is 0 Å². The van der Waals surface area contributed by atoms with Gasteiger partial charge in [0.2, 0.25) is 0 Å². The van der Waals surface area contributed by atoms with E-state index in [9.17, 15) is 9.59 Å². The Bertz CT molecular complexity index is 1110. The van der Waals surface area contributed by atoms with Gasteiger partial charge in [0.25, 0.3) is 0 Å². The molecular formula is C34H49NO3. The summed E-state index contributed by atoms with van der Waals surface area (Å²) in [5, 5.41) is 0. The maximum atomic E-state index is 13.9. The van der Waals surface area contributed by atoms with E-state index in [-0.39, 0.29) is 39.6 Å². The lowest BCUT2D eigenvalue weighted by Crippen LogP contribution is -2.67. The molecule has 0 amide bonds. The largest absolute Gasteiger partial charge is 0.460 e. The van der Waals surface area contributed by atoms with Crippen LogP contribution in [0.25, 0.3) is 0 Å². The average Bonchev–Trinajstić information content (AvgIpc) is 3.23. The molecule has 0 saturated heterocycles. The molecule has 0 unspecified atom stereocenters. The first-order chi connectivity index (χ1) is 17.9. The molecule has 0 spiro atoms. The minimum absolute atomic E-state index is 0.00292. The van der Waals surface area contributed by atoms with Crippen LogP contribution in [0.5, 0.6) is 0 Å². The van der Waals surface area contributed by atoms with E-state index in [4.69, 9.17) is 10.5 Å². The molecule has 5 aliphatic carbocycles. The zero-order chi connectivity index (χ0) is 27.1. The summed E-state index contributed by atoms with van der Waals surface area (Å²) >= 11 is 0. The molecule has 0 heterocycles. The number of ketones is 1. The fourth-order valence-electron chi connectivity index (χ4n) is 11.7. The van der Waals surface area contributed by atoms with E-state index in [0.717, 1.165) is 56.9 Å². The molecule has 5 saturated carbocycles. The van der Waals surface area contributed by atoms with E-state index < -0.39 is 5.41 Å². The van der Waals surface area contributed by atoms with Gasteiger partial charge in [-0.05, 0) is 103 Å². The third-order valence-corrected chi connectivity index (χ3v) is 13.8. The van der Waals surface area contributed by atoms with Gasteiger partial charge < -0.3 is 10.5 Å². The Labute approximate surface area is 229 Å². The van der Waals surface area contributed by atoms with E-state index >= 15 is 0 Å². The van der Waals surface area contributed by atoms with Crippen molar-refractivity contribution in [2.45, 2.75) is 111 Å². The monoisotopic (exact) mass is 519 g/mol. The van der Waals surface area contributed by atoms with Gasteiger partial charge in [-0.3, -0.25) is 9.59 Å². The van der Waals surface area contributed by atoms with Crippen molar-refractivity contribution in [2.24, 2.45) is 56.5 Å². The lowest BCUT2D eigenvalue weighted by atomic mass is 9.32. The van der Waals surface area contributed by atoms with E-state index in [1.54, 1.807) is 0 Å². The van der Waals surface area contributed by atoms with Gasteiger partial charge >= 0.3 is 5.97 Å². The molecule has 0 radical (unpaired) electrons. The van der Waals surface area contributed by atoms with Gasteiger partial charge in [-0.1, -0.05) is 65.0 Å². The quantitative estimate of drug-likeness (QED) is 0.433. The van der Waals surface area contributed by atoms with Gasteiger partial charge in [-0.25, -0.2) is 0 Å². The Hall–Kier alpha value is -1.68. The molecule has 5 fully saturated rings. The van der Waals surface area contributed by atoms with Gasteiger partial charge in [-0.15, -0.1) is 0 Å². The topological polar surface area (TPSA) is 69.4 Å². The first-order valence-corrected chi connectivity index (χ1v) is 15.4. The predicted octanol–water partition coefficient (Wildman–Crippen LogP) is 7.09. The molecule has 0 aliphatic heterocycles. The number of rotatable bonds is 3. The Morgan fingerprint density at radius 2 is 1.61 bits per heavy atom. The highest BCUT2D eigenvalue weighted by Gasteiger charge is 2.72. The number of ether oxygens (including phenoxy) is 1. The summed E-state index contributed by atoms with van der Waals surface area (Å²) in [5.41, 5.74) is 7.91. The zero-order valence-corrected chi connectivity index (χ0v) is 24.4. The molecule has 0 aromatic heterocycles. The molecule has 4 nitrogen and oxygen atoms in total. The molecular weight excluding hydrogens is 470 g/mol. The first-order valence-electron chi connectivity index (χ1n) is 15.4. The Balaban J connectivity index is 1.30. The van der Waals surface area contributed by atoms with Crippen molar-refractivity contribution in [2.75, 3.05) is 0 Å². The van der Waals surface area contributed by atoms with Crippen LogP contribution in [0.4, 0.5) is 0 Å². The third kappa shape index (κ3) is 3.37. The van der Waals surface area contributed by atoms with Crippen molar-refractivity contribution in [1.82, 2.24) is 0 Å². The summed E-state index contributed by atoms with van der Waals surface area (Å²) < 4.78 is 6.06. The van der Waals surface area contributed by atoms with Crippen molar-refractivity contribution in [1.29, 1.82) is 0 Å². The summed E-state index contributed by atoms with van der Waals surface area (Å²) in [6.07, 6.45) is 10.2. The van der Waals surface area contributed by atoms with Crippen LogP contribution < -0.4 is 5.73 Å². The SMILES string of the molecule is CC1(C)C(=O)CC[C@]2(C)[C@H]3CC[C@@H]4[C@H]5[C@H](N)CC[C@]5(C(=O)OCc5ccccc5)CC[C@@]4(C)[C@]3(C)CC[C@@H]12. The molecule has 9 atom stereocenters. The normalized spacial score (nSPS) is 47.3. The van der Waals surface area contributed by atoms with E-state index in [2.05, 4.69) is 34.6 Å². The summed E-state index contributed by atoms with van der Waals surface area (Å²) in [4.78, 5) is 26.9. The molecule has 208 valence electrons. The fourth-order valence-corrected chi connectivity index (χ4v) is 11.7. The fraction of sp³-hybridized carbons (Fsp3) is 0.765.